The summed E-state index contributed by atoms with van der Waals surface area (Å²) in [7, 11) is 9.22. The zero-order valence-electron chi connectivity index (χ0n) is 18.3. The Kier molecular flexibility index (Phi) is 6.96. The van der Waals surface area contributed by atoms with Crippen LogP contribution < -0.4 is 10.2 Å². The van der Waals surface area contributed by atoms with Crippen molar-refractivity contribution >= 4 is 45.7 Å². The number of rotatable bonds is 7. The van der Waals surface area contributed by atoms with Crippen molar-refractivity contribution in [3.8, 4) is 11.4 Å². The zero-order chi connectivity index (χ0) is 22.7. The molecule has 1 N–H and O–H groups in total. The SMILES string of the molecule is Cc1nc(NC(=O)CSc2nnc(-c3ccc(N(C)C)cc3)n2C)sc1C(=O)N(C)C. The Morgan fingerprint density at radius 1 is 1.13 bits per heavy atom. The third-order valence-electron chi connectivity index (χ3n) is 4.45. The highest BCUT2D eigenvalue weighted by Gasteiger charge is 2.19. The molecule has 0 radical (unpaired) electrons. The van der Waals surface area contributed by atoms with Crippen LogP contribution in [-0.4, -0.2) is 70.4 Å². The molecule has 0 fully saturated rings. The van der Waals surface area contributed by atoms with E-state index in [0.717, 1.165) is 17.1 Å². The van der Waals surface area contributed by atoms with E-state index in [0.29, 0.717) is 20.9 Å². The van der Waals surface area contributed by atoms with Crippen LogP contribution in [0, 0.1) is 6.92 Å². The van der Waals surface area contributed by atoms with Gasteiger partial charge in [0.25, 0.3) is 5.91 Å². The molecule has 0 spiro atoms. The van der Waals surface area contributed by atoms with E-state index in [4.69, 9.17) is 0 Å². The lowest BCUT2D eigenvalue weighted by molar-refractivity contribution is -0.113. The monoisotopic (exact) mass is 459 g/mol. The molecule has 2 aromatic heterocycles. The van der Waals surface area contributed by atoms with Gasteiger partial charge in [-0.1, -0.05) is 23.1 Å². The minimum Gasteiger partial charge on any atom is -0.378 e. The van der Waals surface area contributed by atoms with E-state index in [1.54, 1.807) is 21.0 Å². The summed E-state index contributed by atoms with van der Waals surface area (Å²) in [4.78, 5) is 32.8. The largest absolute Gasteiger partial charge is 0.378 e. The molecular weight excluding hydrogens is 434 g/mol. The van der Waals surface area contributed by atoms with Gasteiger partial charge in [-0.3, -0.25) is 9.59 Å². The molecule has 0 unspecified atom stereocenters. The fourth-order valence-corrected chi connectivity index (χ4v) is 4.45. The Balaban J connectivity index is 1.62. The molecule has 9 nitrogen and oxygen atoms in total. The lowest BCUT2D eigenvalue weighted by Gasteiger charge is -2.12. The van der Waals surface area contributed by atoms with Crippen LogP contribution in [0.2, 0.25) is 0 Å². The number of hydrogen-bond acceptors (Lipinski definition) is 8. The normalized spacial score (nSPS) is 10.8. The minimum atomic E-state index is -0.220. The number of thiazole rings is 1. The van der Waals surface area contributed by atoms with Gasteiger partial charge in [0.05, 0.1) is 11.4 Å². The molecule has 1 aromatic carbocycles. The van der Waals surface area contributed by atoms with Crippen molar-refractivity contribution in [3.63, 3.8) is 0 Å². The number of nitrogens with one attached hydrogen (secondary N) is 1. The average molecular weight is 460 g/mol. The van der Waals surface area contributed by atoms with Crippen molar-refractivity contribution in [2.24, 2.45) is 7.05 Å². The molecule has 164 valence electrons. The second-order valence-corrected chi connectivity index (χ2v) is 9.22. The second-order valence-electron chi connectivity index (χ2n) is 7.28. The Hall–Kier alpha value is -2.92. The smallest absolute Gasteiger partial charge is 0.265 e. The number of carbonyl (C=O) groups is 2. The third-order valence-corrected chi connectivity index (χ3v) is 6.53. The summed E-state index contributed by atoms with van der Waals surface area (Å²) in [5.74, 6) is 0.536. The summed E-state index contributed by atoms with van der Waals surface area (Å²) in [5, 5.41) is 12.3. The predicted octanol–water partition coefficient (Wildman–Crippen LogP) is 2.75. The van der Waals surface area contributed by atoms with Gasteiger partial charge in [0.1, 0.15) is 4.88 Å². The highest BCUT2D eigenvalue weighted by atomic mass is 32.2. The number of anilines is 2. The molecule has 0 bridgehead atoms. The highest BCUT2D eigenvalue weighted by Crippen LogP contribution is 2.26. The number of thioether (sulfide) groups is 1. The van der Waals surface area contributed by atoms with Crippen molar-refractivity contribution in [2.75, 3.05) is 44.2 Å². The van der Waals surface area contributed by atoms with E-state index in [1.807, 2.05) is 54.9 Å². The number of aryl methyl sites for hydroxylation is 1. The summed E-state index contributed by atoms with van der Waals surface area (Å²) < 4.78 is 1.87. The standard InChI is InChI=1S/C20H25N7O2S2/c1-12-16(18(29)26(4)5)31-19(21-12)22-15(28)11-30-20-24-23-17(27(20)6)13-7-9-14(10-8-13)25(2)3/h7-10H,11H2,1-6H3,(H,21,22,28). The molecule has 0 saturated heterocycles. The lowest BCUT2D eigenvalue weighted by Crippen LogP contribution is -2.21. The van der Waals surface area contributed by atoms with Gasteiger partial charge in [-0.2, -0.15) is 0 Å². The topological polar surface area (TPSA) is 96.2 Å². The van der Waals surface area contributed by atoms with Gasteiger partial charge in [0.15, 0.2) is 16.1 Å². The summed E-state index contributed by atoms with van der Waals surface area (Å²) >= 11 is 2.46. The van der Waals surface area contributed by atoms with Gasteiger partial charge < -0.3 is 19.7 Å². The molecule has 0 aliphatic heterocycles. The zero-order valence-corrected chi connectivity index (χ0v) is 20.0. The van der Waals surface area contributed by atoms with Gasteiger partial charge in [-0.25, -0.2) is 4.98 Å². The summed E-state index contributed by atoms with van der Waals surface area (Å²) in [5.41, 5.74) is 2.66. The molecule has 0 atom stereocenters. The van der Waals surface area contributed by atoms with Crippen molar-refractivity contribution in [3.05, 3.63) is 34.8 Å². The van der Waals surface area contributed by atoms with Crippen LogP contribution in [0.5, 0.6) is 0 Å². The molecule has 0 aliphatic rings. The third kappa shape index (κ3) is 5.23. The van der Waals surface area contributed by atoms with Gasteiger partial charge >= 0.3 is 0 Å². The van der Waals surface area contributed by atoms with Gasteiger partial charge in [0.2, 0.25) is 5.91 Å². The Morgan fingerprint density at radius 2 is 1.81 bits per heavy atom. The van der Waals surface area contributed by atoms with Crippen LogP contribution in [0.3, 0.4) is 0 Å². The molecule has 3 aromatic rings. The first-order valence-corrected chi connectivity index (χ1v) is 11.3. The highest BCUT2D eigenvalue weighted by molar-refractivity contribution is 7.99. The van der Waals surface area contributed by atoms with E-state index in [1.165, 1.54) is 28.0 Å². The molecule has 11 heteroatoms. The Bertz CT molecular complexity index is 1090. The summed E-state index contributed by atoms with van der Waals surface area (Å²) in [6.45, 7) is 1.75. The summed E-state index contributed by atoms with van der Waals surface area (Å²) in [6, 6.07) is 8.04. The Morgan fingerprint density at radius 3 is 2.42 bits per heavy atom. The molecule has 0 saturated carbocycles. The van der Waals surface area contributed by atoms with Crippen molar-refractivity contribution < 1.29 is 9.59 Å². The van der Waals surface area contributed by atoms with E-state index < -0.39 is 0 Å². The average Bonchev–Trinajstić information content (AvgIpc) is 3.27. The molecule has 2 heterocycles. The predicted molar refractivity (Wildman–Crippen MR) is 125 cm³/mol. The molecule has 31 heavy (non-hydrogen) atoms. The van der Waals surface area contributed by atoms with Crippen molar-refractivity contribution in [1.82, 2.24) is 24.6 Å². The van der Waals surface area contributed by atoms with Crippen LogP contribution in [-0.2, 0) is 11.8 Å². The number of amides is 2. The quantitative estimate of drug-likeness (QED) is 0.543. The molecule has 3 rings (SSSR count). The van der Waals surface area contributed by atoms with E-state index >= 15 is 0 Å². The first kappa shape index (κ1) is 22.8. The number of benzene rings is 1. The number of nitrogens with zero attached hydrogens (tertiary/aromatic N) is 6. The maximum atomic E-state index is 12.4. The van der Waals surface area contributed by atoms with Crippen molar-refractivity contribution in [2.45, 2.75) is 12.1 Å². The van der Waals surface area contributed by atoms with E-state index in [2.05, 4.69) is 20.5 Å². The molecule has 0 aliphatic carbocycles. The van der Waals surface area contributed by atoms with Crippen LogP contribution in [0.15, 0.2) is 29.4 Å². The number of hydrogen-bond donors (Lipinski definition) is 1. The number of carbonyl (C=O) groups excluding carboxylic acids is 2. The Labute approximate surface area is 189 Å². The van der Waals surface area contributed by atoms with Crippen LogP contribution >= 0.6 is 23.1 Å². The fraction of sp³-hybridized carbons (Fsp3) is 0.350. The fourth-order valence-electron chi connectivity index (χ4n) is 2.74. The summed E-state index contributed by atoms with van der Waals surface area (Å²) in [6.07, 6.45) is 0. The molecule has 2 amide bonds. The first-order chi connectivity index (χ1) is 14.7. The number of aromatic nitrogens is 4. The lowest BCUT2D eigenvalue weighted by atomic mass is 10.2. The second kappa shape index (κ2) is 9.48. The first-order valence-electron chi connectivity index (χ1n) is 9.46. The molecular formula is C20H25N7O2S2. The van der Waals surface area contributed by atoms with E-state index in [9.17, 15) is 9.59 Å². The van der Waals surface area contributed by atoms with Crippen LogP contribution in [0.4, 0.5) is 10.8 Å². The van der Waals surface area contributed by atoms with Gasteiger partial charge in [-0.15, -0.1) is 10.2 Å². The van der Waals surface area contributed by atoms with Gasteiger partial charge in [0, 0.05) is 46.5 Å². The van der Waals surface area contributed by atoms with Gasteiger partial charge in [-0.05, 0) is 31.2 Å². The van der Waals surface area contributed by atoms with Crippen LogP contribution in [0.1, 0.15) is 15.4 Å². The van der Waals surface area contributed by atoms with Crippen LogP contribution in [0.25, 0.3) is 11.4 Å². The minimum absolute atomic E-state index is 0.130. The maximum Gasteiger partial charge on any atom is 0.265 e. The van der Waals surface area contributed by atoms with Crippen molar-refractivity contribution in [1.29, 1.82) is 0 Å². The van der Waals surface area contributed by atoms with E-state index in [-0.39, 0.29) is 17.6 Å². The maximum absolute atomic E-state index is 12.4.